The van der Waals surface area contributed by atoms with E-state index in [-0.39, 0.29) is 5.91 Å². The lowest BCUT2D eigenvalue weighted by molar-refractivity contribution is 0.0703. The molecule has 1 aromatic heterocycles. The fraction of sp³-hybridized carbons (Fsp3) is 0.636. The van der Waals surface area contributed by atoms with Crippen LogP contribution in [0, 0.1) is 0 Å². The molecule has 2 heterocycles. The summed E-state index contributed by atoms with van der Waals surface area (Å²) >= 11 is 0. The summed E-state index contributed by atoms with van der Waals surface area (Å²) in [5.74, 6) is 0.0694. The van der Waals surface area contributed by atoms with Crippen LogP contribution in [0.4, 0.5) is 0 Å². The van der Waals surface area contributed by atoms with Gasteiger partial charge in [-0.15, -0.1) is 0 Å². The highest BCUT2D eigenvalue weighted by atomic mass is 16.2. The molecule has 0 atom stereocenters. The van der Waals surface area contributed by atoms with Crippen LogP contribution in [0.15, 0.2) is 12.4 Å². The fourth-order valence-electron chi connectivity index (χ4n) is 2.10. The number of aromatic nitrogens is 2. The molecule has 1 aliphatic heterocycles. The highest BCUT2D eigenvalue weighted by Gasteiger charge is 2.23. The molecule has 1 aromatic rings. The maximum Gasteiger partial charge on any atom is 0.257 e. The topological polar surface area (TPSA) is 50.2 Å². The van der Waals surface area contributed by atoms with Gasteiger partial charge in [0.1, 0.15) is 0 Å². The first-order valence-electron chi connectivity index (χ1n) is 5.65. The Bertz CT molecular complexity index is 368. The molecule has 0 aliphatic carbocycles. The van der Waals surface area contributed by atoms with Gasteiger partial charge in [0.25, 0.3) is 5.91 Å². The fourth-order valence-corrected chi connectivity index (χ4v) is 2.10. The van der Waals surface area contributed by atoms with Crippen molar-refractivity contribution < 1.29 is 4.79 Å². The van der Waals surface area contributed by atoms with E-state index in [4.69, 9.17) is 0 Å². The van der Waals surface area contributed by atoms with Gasteiger partial charge in [-0.25, -0.2) is 0 Å². The largest absolute Gasteiger partial charge is 0.339 e. The molecule has 1 N–H and O–H groups in total. The Morgan fingerprint density at radius 1 is 1.56 bits per heavy atom. The molecule has 5 nitrogen and oxygen atoms in total. The van der Waals surface area contributed by atoms with Gasteiger partial charge in [-0.3, -0.25) is 9.48 Å². The van der Waals surface area contributed by atoms with Gasteiger partial charge in [-0.05, 0) is 25.9 Å². The second kappa shape index (κ2) is 4.65. The minimum atomic E-state index is 0.0694. The van der Waals surface area contributed by atoms with E-state index in [2.05, 4.69) is 10.4 Å². The summed E-state index contributed by atoms with van der Waals surface area (Å²) in [6.45, 7) is 1.99. The normalized spacial score (nSPS) is 17.4. The summed E-state index contributed by atoms with van der Waals surface area (Å²) in [5, 5.41) is 7.32. The van der Waals surface area contributed by atoms with Gasteiger partial charge in [-0.2, -0.15) is 5.10 Å². The maximum atomic E-state index is 12.1. The van der Waals surface area contributed by atoms with Crippen LogP contribution in [0.3, 0.4) is 0 Å². The lowest BCUT2D eigenvalue weighted by Gasteiger charge is -2.31. The van der Waals surface area contributed by atoms with Crippen LogP contribution in [0.25, 0.3) is 0 Å². The molecule has 0 radical (unpaired) electrons. The smallest absolute Gasteiger partial charge is 0.257 e. The van der Waals surface area contributed by atoms with Crippen molar-refractivity contribution in [3.05, 3.63) is 18.0 Å². The van der Waals surface area contributed by atoms with Crippen molar-refractivity contribution in [1.82, 2.24) is 20.0 Å². The van der Waals surface area contributed by atoms with Gasteiger partial charge >= 0.3 is 0 Å². The standard InChI is InChI=1S/C11H18N4O/c1-14-8-9(7-13-14)11(16)15(2)10-3-5-12-6-4-10/h7-8,10,12H,3-6H2,1-2H3. The maximum absolute atomic E-state index is 12.1. The number of hydrogen-bond donors (Lipinski definition) is 1. The first kappa shape index (κ1) is 11.1. The van der Waals surface area contributed by atoms with Gasteiger partial charge in [0.2, 0.25) is 0 Å². The molecule has 2 rings (SSSR count). The summed E-state index contributed by atoms with van der Waals surface area (Å²) in [5.41, 5.74) is 0.670. The van der Waals surface area contributed by atoms with E-state index < -0.39 is 0 Å². The van der Waals surface area contributed by atoms with E-state index in [0.717, 1.165) is 25.9 Å². The summed E-state index contributed by atoms with van der Waals surface area (Å²) in [6.07, 6.45) is 5.45. The van der Waals surface area contributed by atoms with Crippen LogP contribution in [-0.4, -0.2) is 46.8 Å². The average Bonchev–Trinajstić information content (AvgIpc) is 2.75. The van der Waals surface area contributed by atoms with Crippen molar-refractivity contribution >= 4 is 5.91 Å². The van der Waals surface area contributed by atoms with E-state index >= 15 is 0 Å². The molecule has 1 amide bonds. The molecule has 5 heteroatoms. The Kier molecular flexibility index (Phi) is 3.24. The Morgan fingerprint density at radius 2 is 2.25 bits per heavy atom. The van der Waals surface area contributed by atoms with Crippen LogP contribution in [0.5, 0.6) is 0 Å². The van der Waals surface area contributed by atoms with E-state index in [1.54, 1.807) is 17.1 Å². The quantitative estimate of drug-likeness (QED) is 0.780. The molecule has 1 aliphatic rings. The third-order valence-corrected chi connectivity index (χ3v) is 3.13. The number of carbonyl (C=O) groups excluding carboxylic acids is 1. The number of amides is 1. The zero-order valence-electron chi connectivity index (χ0n) is 9.81. The number of hydrogen-bond acceptors (Lipinski definition) is 3. The molecule has 0 spiro atoms. The van der Waals surface area contributed by atoms with Crippen LogP contribution in [-0.2, 0) is 7.05 Å². The average molecular weight is 222 g/mol. The van der Waals surface area contributed by atoms with Crippen LogP contribution in [0.2, 0.25) is 0 Å². The van der Waals surface area contributed by atoms with Crippen molar-refractivity contribution in [3.8, 4) is 0 Å². The summed E-state index contributed by atoms with van der Waals surface area (Å²) in [4.78, 5) is 14.0. The van der Waals surface area contributed by atoms with Gasteiger partial charge < -0.3 is 10.2 Å². The number of nitrogens with one attached hydrogen (secondary N) is 1. The lowest BCUT2D eigenvalue weighted by Crippen LogP contribution is -2.43. The van der Waals surface area contributed by atoms with Crippen molar-refractivity contribution in [2.45, 2.75) is 18.9 Å². The molecule has 0 saturated carbocycles. The number of piperidine rings is 1. The van der Waals surface area contributed by atoms with E-state index in [1.807, 2.05) is 19.0 Å². The minimum Gasteiger partial charge on any atom is -0.339 e. The van der Waals surface area contributed by atoms with Gasteiger partial charge in [0.15, 0.2) is 0 Å². The minimum absolute atomic E-state index is 0.0694. The molecular formula is C11H18N4O. The Labute approximate surface area is 95.4 Å². The van der Waals surface area contributed by atoms with Crippen LogP contribution >= 0.6 is 0 Å². The molecular weight excluding hydrogens is 204 g/mol. The predicted octanol–water partition coefficient (Wildman–Crippen LogP) is 0.244. The van der Waals surface area contributed by atoms with Crippen LogP contribution in [0.1, 0.15) is 23.2 Å². The predicted molar refractivity (Wildman–Crippen MR) is 61.2 cm³/mol. The molecule has 0 unspecified atom stereocenters. The third-order valence-electron chi connectivity index (χ3n) is 3.13. The third kappa shape index (κ3) is 2.24. The summed E-state index contributed by atoms with van der Waals surface area (Å²) in [7, 11) is 3.70. The van der Waals surface area contributed by atoms with Gasteiger partial charge in [0, 0.05) is 26.3 Å². The summed E-state index contributed by atoms with van der Waals surface area (Å²) in [6, 6.07) is 0.356. The zero-order chi connectivity index (χ0) is 11.5. The molecule has 1 saturated heterocycles. The van der Waals surface area contributed by atoms with E-state index in [9.17, 15) is 4.79 Å². The van der Waals surface area contributed by atoms with Crippen molar-refractivity contribution in [2.24, 2.45) is 7.05 Å². The highest BCUT2D eigenvalue weighted by molar-refractivity contribution is 5.93. The monoisotopic (exact) mass is 222 g/mol. The molecule has 88 valence electrons. The number of carbonyl (C=O) groups is 1. The second-order valence-corrected chi connectivity index (χ2v) is 4.30. The van der Waals surface area contributed by atoms with Crippen LogP contribution < -0.4 is 5.32 Å². The Hall–Kier alpha value is -1.36. The number of nitrogens with zero attached hydrogens (tertiary/aromatic N) is 3. The zero-order valence-corrected chi connectivity index (χ0v) is 9.81. The van der Waals surface area contributed by atoms with Gasteiger partial charge in [-0.1, -0.05) is 0 Å². The molecule has 16 heavy (non-hydrogen) atoms. The molecule has 1 fully saturated rings. The number of aryl methyl sites for hydroxylation is 1. The SMILES string of the molecule is CN(C(=O)c1cnn(C)c1)C1CCNCC1. The van der Waals surface area contributed by atoms with E-state index in [1.165, 1.54) is 0 Å². The summed E-state index contributed by atoms with van der Waals surface area (Å²) < 4.78 is 1.66. The number of rotatable bonds is 2. The van der Waals surface area contributed by atoms with Gasteiger partial charge in [0.05, 0.1) is 11.8 Å². The van der Waals surface area contributed by atoms with E-state index in [0.29, 0.717) is 11.6 Å². The first-order valence-corrected chi connectivity index (χ1v) is 5.65. The highest BCUT2D eigenvalue weighted by Crippen LogP contribution is 2.13. The lowest BCUT2D eigenvalue weighted by atomic mass is 10.0. The van der Waals surface area contributed by atoms with Crippen molar-refractivity contribution in [3.63, 3.8) is 0 Å². The Morgan fingerprint density at radius 3 is 2.81 bits per heavy atom. The molecule has 0 bridgehead atoms. The molecule has 0 aromatic carbocycles. The van der Waals surface area contributed by atoms with Crippen molar-refractivity contribution in [1.29, 1.82) is 0 Å². The first-order chi connectivity index (χ1) is 7.68. The van der Waals surface area contributed by atoms with Crippen molar-refractivity contribution in [2.75, 3.05) is 20.1 Å². The Balaban J connectivity index is 2.03. The second-order valence-electron chi connectivity index (χ2n) is 4.30.